The summed E-state index contributed by atoms with van der Waals surface area (Å²) in [6, 6.07) is 5.47. The molecule has 0 aliphatic carbocycles. The molecule has 1 saturated heterocycles. The van der Waals surface area contributed by atoms with Crippen LogP contribution in [-0.2, 0) is 9.53 Å². The van der Waals surface area contributed by atoms with E-state index in [-0.39, 0.29) is 23.6 Å². The van der Waals surface area contributed by atoms with E-state index in [1.165, 1.54) is 23.6 Å². The van der Waals surface area contributed by atoms with E-state index in [1.54, 1.807) is 18.3 Å². The van der Waals surface area contributed by atoms with E-state index >= 15 is 0 Å². The number of hydrogen-bond donors (Lipinski definition) is 2. The van der Waals surface area contributed by atoms with Crippen molar-refractivity contribution >= 4 is 23.7 Å². The van der Waals surface area contributed by atoms with Crippen molar-refractivity contribution in [2.45, 2.75) is 25.1 Å². The Morgan fingerprint density at radius 1 is 1.29 bits per heavy atom. The van der Waals surface area contributed by atoms with Gasteiger partial charge < -0.3 is 20.5 Å². The van der Waals surface area contributed by atoms with Gasteiger partial charge in [0.1, 0.15) is 11.3 Å². The molecular weight excluding hydrogens is 479 g/mol. The molecule has 188 valence electrons. The number of fused-ring (bicyclic) bond motifs is 1. The molecule has 0 bridgehead atoms. The highest BCUT2D eigenvalue weighted by atomic mass is 19.4. The number of halogens is 5. The number of carbonyl (C=O) groups excluding carboxylic acids is 2. The second-order valence-electron chi connectivity index (χ2n) is 7.66. The van der Waals surface area contributed by atoms with Gasteiger partial charge in [0.15, 0.2) is 17.7 Å². The van der Waals surface area contributed by atoms with Crippen LogP contribution in [-0.4, -0.2) is 47.7 Å². The second-order valence-corrected chi connectivity index (χ2v) is 7.66. The molecule has 2 amide bonds. The largest absolute Gasteiger partial charge is 0.493 e. The van der Waals surface area contributed by atoms with Crippen LogP contribution in [0.25, 0.3) is 5.65 Å². The SMILES string of the molecule is COc1c(C2COC(C(F)(F)F)C2C)ccc(F)c1F.NC(=O)c1cnc2ccc(NC=O)cn12. The highest BCUT2D eigenvalue weighted by Gasteiger charge is 2.51. The number of anilines is 1. The van der Waals surface area contributed by atoms with Crippen LogP contribution in [0.5, 0.6) is 5.75 Å². The predicted molar refractivity (Wildman–Crippen MR) is 114 cm³/mol. The third kappa shape index (κ3) is 5.34. The van der Waals surface area contributed by atoms with Crippen molar-refractivity contribution in [1.29, 1.82) is 0 Å². The van der Waals surface area contributed by atoms with Gasteiger partial charge in [-0.3, -0.25) is 14.0 Å². The van der Waals surface area contributed by atoms with Crippen LogP contribution >= 0.6 is 0 Å². The lowest BCUT2D eigenvalue weighted by molar-refractivity contribution is -0.215. The molecule has 3 unspecified atom stereocenters. The molecule has 1 fully saturated rings. The number of nitrogens with two attached hydrogens (primary N) is 1. The van der Waals surface area contributed by atoms with Gasteiger partial charge in [-0.15, -0.1) is 0 Å². The Hall–Kier alpha value is -3.74. The number of benzene rings is 1. The summed E-state index contributed by atoms with van der Waals surface area (Å²) in [5.41, 5.74) is 6.79. The van der Waals surface area contributed by atoms with Crippen LogP contribution in [0.15, 0.2) is 36.7 Å². The van der Waals surface area contributed by atoms with Gasteiger partial charge in [-0.2, -0.15) is 17.6 Å². The molecule has 3 heterocycles. The second kappa shape index (κ2) is 10.3. The minimum Gasteiger partial charge on any atom is -0.493 e. The lowest BCUT2D eigenvalue weighted by Crippen LogP contribution is -2.33. The zero-order chi connectivity index (χ0) is 25.9. The summed E-state index contributed by atoms with van der Waals surface area (Å²) in [6.07, 6.45) is -2.87. The first-order chi connectivity index (χ1) is 16.5. The average Bonchev–Trinajstić information content (AvgIpc) is 3.39. The van der Waals surface area contributed by atoms with Crippen LogP contribution in [0.2, 0.25) is 0 Å². The number of imidazole rings is 1. The fourth-order valence-electron chi connectivity index (χ4n) is 3.85. The molecule has 3 N–H and O–H groups in total. The van der Waals surface area contributed by atoms with Gasteiger partial charge in [0, 0.05) is 23.6 Å². The number of primary amides is 1. The summed E-state index contributed by atoms with van der Waals surface area (Å²) >= 11 is 0. The van der Waals surface area contributed by atoms with Gasteiger partial charge in [-0.25, -0.2) is 9.37 Å². The first kappa shape index (κ1) is 25.9. The molecular formula is C22H21F5N4O4. The maximum Gasteiger partial charge on any atom is 0.414 e. The van der Waals surface area contributed by atoms with E-state index in [4.69, 9.17) is 15.2 Å². The number of nitrogens with one attached hydrogen (secondary N) is 1. The summed E-state index contributed by atoms with van der Waals surface area (Å²) in [7, 11) is 1.14. The maximum absolute atomic E-state index is 13.6. The summed E-state index contributed by atoms with van der Waals surface area (Å²) in [5, 5.41) is 2.47. The molecule has 13 heteroatoms. The van der Waals surface area contributed by atoms with Crippen LogP contribution in [0.3, 0.4) is 0 Å². The standard InChI is InChI=1S/C13H13F5O2.C9H8N4O2/c1-6-8(5-20-12(6)13(16,17)18)7-3-4-9(14)10(15)11(7)19-2;10-9(15)7-3-11-8-2-1-6(12-5-14)4-13(7)8/h3-4,6,8,12H,5H2,1-2H3;1-5H,(H2,10,15)(H,12,14). The lowest BCUT2D eigenvalue weighted by atomic mass is 9.86. The fourth-order valence-corrected chi connectivity index (χ4v) is 3.85. The summed E-state index contributed by atoms with van der Waals surface area (Å²) in [5.74, 6) is -4.85. The van der Waals surface area contributed by atoms with Gasteiger partial charge >= 0.3 is 6.18 Å². The topological polar surface area (TPSA) is 108 Å². The molecule has 3 atom stereocenters. The number of hydrogen-bond acceptors (Lipinski definition) is 5. The normalized spacial score (nSPS) is 19.7. The Morgan fingerprint density at radius 2 is 2.00 bits per heavy atom. The van der Waals surface area contributed by atoms with Crippen molar-refractivity contribution in [3.63, 3.8) is 0 Å². The van der Waals surface area contributed by atoms with Crippen molar-refractivity contribution in [2.75, 3.05) is 19.0 Å². The zero-order valence-corrected chi connectivity index (χ0v) is 18.5. The number of alkyl halides is 3. The molecule has 1 aliphatic heterocycles. The van der Waals surface area contributed by atoms with Crippen molar-refractivity contribution < 1.29 is 41.0 Å². The molecule has 1 aromatic carbocycles. The van der Waals surface area contributed by atoms with E-state index < -0.39 is 41.7 Å². The highest BCUT2D eigenvalue weighted by Crippen LogP contribution is 2.45. The first-order valence-electron chi connectivity index (χ1n) is 10.2. The minimum atomic E-state index is -4.49. The van der Waals surface area contributed by atoms with Gasteiger partial charge in [0.25, 0.3) is 5.91 Å². The molecule has 4 rings (SSSR count). The number of aromatic nitrogens is 2. The summed E-state index contributed by atoms with van der Waals surface area (Å²) in [6.45, 7) is 1.16. The maximum atomic E-state index is 13.6. The zero-order valence-electron chi connectivity index (χ0n) is 18.5. The molecule has 0 spiro atoms. The molecule has 2 aromatic heterocycles. The molecule has 0 saturated carbocycles. The number of pyridine rings is 1. The minimum absolute atomic E-state index is 0.186. The number of carbonyl (C=O) groups is 2. The van der Waals surface area contributed by atoms with Gasteiger partial charge in [-0.05, 0) is 18.2 Å². The summed E-state index contributed by atoms with van der Waals surface area (Å²) in [4.78, 5) is 25.2. The van der Waals surface area contributed by atoms with Crippen molar-refractivity contribution in [3.05, 3.63) is 59.6 Å². The lowest BCUT2D eigenvalue weighted by Gasteiger charge is -2.22. The molecule has 8 nitrogen and oxygen atoms in total. The highest BCUT2D eigenvalue weighted by molar-refractivity contribution is 5.92. The third-order valence-corrected chi connectivity index (χ3v) is 5.56. The van der Waals surface area contributed by atoms with Crippen LogP contribution in [0.1, 0.15) is 28.9 Å². The number of amides is 2. The van der Waals surface area contributed by atoms with Crippen molar-refractivity contribution in [1.82, 2.24) is 9.38 Å². The third-order valence-electron chi connectivity index (χ3n) is 5.56. The van der Waals surface area contributed by atoms with Crippen LogP contribution in [0.4, 0.5) is 27.6 Å². The average molecular weight is 500 g/mol. The number of methoxy groups -OCH3 is 1. The fraction of sp³-hybridized carbons (Fsp3) is 0.318. The molecule has 3 aromatic rings. The van der Waals surface area contributed by atoms with Crippen molar-refractivity contribution in [3.8, 4) is 5.75 Å². The Bertz CT molecular complexity index is 1230. The molecule has 0 radical (unpaired) electrons. The van der Waals surface area contributed by atoms with E-state index in [0.29, 0.717) is 17.7 Å². The van der Waals surface area contributed by atoms with Gasteiger partial charge in [0.05, 0.1) is 25.6 Å². The van der Waals surface area contributed by atoms with E-state index in [0.717, 1.165) is 13.2 Å². The quantitative estimate of drug-likeness (QED) is 0.411. The van der Waals surface area contributed by atoms with E-state index in [2.05, 4.69) is 10.3 Å². The number of nitrogens with zero attached hydrogens (tertiary/aromatic N) is 2. The Morgan fingerprint density at radius 3 is 2.57 bits per heavy atom. The van der Waals surface area contributed by atoms with Crippen LogP contribution < -0.4 is 15.8 Å². The van der Waals surface area contributed by atoms with Crippen molar-refractivity contribution in [2.24, 2.45) is 11.7 Å². The summed E-state index contributed by atoms with van der Waals surface area (Å²) < 4.78 is 76.0. The Labute approximate surface area is 195 Å². The monoisotopic (exact) mass is 500 g/mol. The first-order valence-corrected chi connectivity index (χ1v) is 10.2. The number of ether oxygens (including phenoxy) is 2. The predicted octanol–water partition coefficient (Wildman–Crippen LogP) is 3.66. The van der Waals surface area contributed by atoms with E-state index in [1.807, 2.05) is 0 Å². The molecule has 35 heavy (non-hydrogen) atoms. The van der Waals surface area contributed by atoms with Crippen LogP contribution in [0, 0.1) is 17.6 Å². The molecule has 1 aliphatic rings. The smallest absolute Gasteiger partial charge is 0.414 e. The Balaban J connectivity index is 0.000000203. The Kier molecular flexibility index (Phi) is 7.58. The van der Waals surface area contributed by atoms with Gasteiger partial charge in [-0.1, -0.05) is 13.0 Å². The van der Waals surface area contributed by atoms with Gasteiger partial charge in [0.2, 0.25) is 12.2 Å². The number of rotatable bonds is 5. The van der Waals surface area contributed by atoms with E-state index in [9.17, 15) is 31.5 Å².